The normalized spacial score (nSPS) is 14.8. The van der Waals surface area contributed by atoms with Crippen LogP contribution in [0.1, 0.15) is 16.7 Å². The number of benzene rings is 3. The molecule has 180 valence electrons. The lowest BCUT2D eigenvalue weighted by molar-refractivity contribution is -0.385. The molecule has 1 fully saturated rings. The number of nitro groups is 1. The molecule has 0 atom stereocenters. The highest BCUT2D eigenvalue weighted by atomic mass is 35.5. The summed E-state index contributed by atoms with van der Waals surface area (Å²) in [6.07, 6.45) is 3.53. The van der Waals surface area contributed by atoms with Gasteiger partial charge in [0.25, 0.3) is 16.8 Å². The van der Waals surface area contributed by atoms with Gasteiger partial charge in [-0.1, -0.05) is 65.7 Å². The SMILES string of the molecule is O=C1S/C(=C\c2cn(Cc3ccccc3[N+](=O)[O-])c3ccccc23)C(=O)N1Cc1ccc(Cl)cc1Cl. The third-order valence-corrected chi connectivity index (χ3v) is 7.35. The molecule has 7 nitrogen and oxygen atoms in total. The summed E-state index contributed by atoms with van der Waals surface area (Å²) in [5.41, 5.74) is 2.81. The first kappa shape index (κ1) is 24.1. The molecule has 5 rings (SSSR count). The summed E-state index contributed by atoms with van der Waals surface area (Å²) in [5, 5.41) is 12.8. The number of hydrogen-bond acceptors (Lipinski definition) is 5. The molecule has 0 unspecified atom stereocenters. The number of nitrogens with zero attached hydrogens (tertiary/aromatic N) is 3. The van der Waals surface area contributed by atoms with Crippen molar-refractivity contribution < 1.29 is 14.5 Å². The zero-order valence-electron chi connectivity index (χ0n) is 18.6. The average Bonchev–Trinajstić information content (AvgIpc) is 3.32. The Balaban J connectivity index is 1.48. The number of nitro benzene ring substituents is 1. The van der Waals surface area contributed by atoms with Crippen molar-refractivity contribution >= 4 is 68.8 Å². The number of rotatable bonds is 6. The van der Waals surface area contributed by atoms with E-state index in [0.29, 0.717) is 26.1 Å². The molecule has 1 saturated heterocycles. The Labute approximate surface area is 220 Å². The Hall–Kier alpha value is -3.59. The van der Waals surface area contributed by atoms with Crippen LogP contribution in [0.25, 0.3) is 17.0 Å². The number of aromatic nitrogens is 1. The van der Waals surface area contributed by atoms with Crippen LogP contribution < -0.4 is 0 Å². The number of fused-ring (bicyclic) bond motifs is 1. The third-order valence-electron chi connectivity index (χ3n) is 5.85. The van der Waals surface area contributed by atoms with Gasteiger partial charge in [-0.25, -0.2) is 0 Å². The maximum atomic E-state index is 13.1. The predicted molar refractivity (Wildman–Crippen MR) is 142 cm³/mol. The average molecular weight is 538 g/mol. The first-order valence-corrected chi connectivity index (χ1v) is 12.4. The van der Waals surface area contributed by atoms with Gasteiger partial charge in [0, 0.05) is 44.3 Å². The van der Waals surface area contributed by atoms with Gasteiger partial charge in [0.15, 0.2) is 0 Å². The fourth-order valence-corrected chi connectivity index (χ4v) is 5.42. The topological polar surface area (TPSA) is 85.5 Å². The molecule has 0 N–H and O–H groups in total. The molecule has 36 heavy (non-hydrogen) atoms. The summed E-state index contributed by atoms with van der Waals surface area (Å²) in [4.78, 5) is 38.3. The fraction of sp³-hybridized carbons (Fsp3) is 0.0769. The molecule has 2 amide bonds. The number of carbonyl (C=O) groups excluding carboxylic acids is 2. The molecule has 0 saturated carbocycles. The minimum absolute atomic E-state index is 0.0391. The van der Waals surface area contributed by atoms with Crippen molar-refractivity contribution in [2.45, 2.75) is 13.1 Å². The minimum Gasteiger partial charge on any atom is -0.342 e. The number of halogens is 2. The molecule has 1 aliphatic rings. The third kappa shape index (κ3) is 4.63. The molecular weight excluding hydrogens is 521 g/mol. The van der Waals surface area contributed by atoms with Crippen molar-refractivity contribution in [3.63, 3.8) is 0 Å². The van der Waals surface area contributed by atoms with Crippen LogP contribution in [0.5, 0.6) is 0 Å². The second-order valence-corrected chi connectivity index (χ2v) is 9.96. The summed E-state index contributed by atoms with van der Waals surface area (Å²) < 4.78 is 1.90. The number of amides is 2. The van der Waals surface area contributed by atoms with Crippen LogP contribution in [0, 0.1) is 10.1 Å². The summed E-state index contributed by atoms with van der Waals surface area (Å²) in [6, 6.07) is 19.1. The summed E-state index contributed by atoms with van der Waals surface area (Å²) in [7, 11) is 0. The zero-order valence-corrected chi connectivity index (χ0v) is 20.9. The number of imide groups is 1. The smallest absolute Gasteiger partial charge is 0.293 e. The first-order valence-electron chi connectivity index (χ1n) is 10.8. The lowest BCUT2D eigenvalue weighted by atomic mass is 10.1. The first-order chi connectivity index (χ1) is 17.3. The molecule has 1 aliphatic heterocycles. The highest BCUT2D eigenvalue weighted by Gasteiger charge is 2.35. The van der Waals surface area contributed by atoms with Crippen LogP contribution in [0.2, 0.25) is 10.0 Å². The Morgan fingerprint density at radius 3 is 2.47 bits per heavy atom. The van der Waals surface area contributed by atoms with Crippen LogP contribution in [0.3, 0.4) is 0 Å². The largest absolute Gasteiger partial charge is 0.342 e. The zero-order chi connectivity index (χ0) is 25.4. The van der Waals surface area contributed by atoms with Crippen LogP contribution in [-0.4, -0.2) is 25.5 Å². The van der Waals surface area contributed by atoms with Crippen molar-refractivity contribution in [1.82, 2.24) is 9.47 Å². The van der Waals surface area contributed by atoms with E-state index in [1.165, 1.54) is 6.07 Å². The van der Waals surface area contributed by atoms with Crippen molar-refractivity contribution in [1.29, 1.82) is 0 Å². The van der Waals surface area contributed by atoms with Gasteiger partial charge < -0.3 is 4.57 Å². The Kier molecular flexibility index (Phi) is 6.57. The number of hydrogen-bond donors (Lipinski definition) is 0. The van der Waals surface area contributed by atoms with Gasteiger partial charge in [-0.15, -0.1) is 0 Å². The summed E-state index contributed by atoms with van der Waals surface area (Å²) >= 11 is 13.0. The van der Waals surface area contributed by atoms with E-state index in [1.54, 1.807) is 42.5 Å². The molecule has 0 spiro atoms. The van der Waals surface area contributed by atoms with Crippen LogP contribution in [-0.2, 0) is 17.9 Å². The monoisotopic (exact) mass is 537 g/mol. The Bertz CT molecular complexity index is 1580. The maximum absolute atomic E-state index is 13.1. The van der Waals surface area contributed by atoms with Crippen molar-refractivity contribution in [3.8, 4) is 0 Å². The van der Waals surface area contributed by atoms with E-state index in [9.17, 15) is 19.7 Å². The second kappa shape index (κ2) is 9.81. The van der Waals surface area contributed by atoms with E-state index in [0.717, 1.165) is 33.1 Å². The van der Waals surface area contributed by atoms with Gasteiger partial charge in [-0.3, -0.25) is 24.6 Å². The standard InChI is InChI=1S/C26H17Cl2N3O4S/c27-19-10-9-16(21(28)12-19)15-30-25(32)24(36-26(30)33)11-18-14-29(23-8-4-2-6-20(18)23)13-17-5-1-3-7-22(17)31(34)35/h1-12,14H,13,15H2/b24-11-. The molecule has 0 bridgehead atoms. The van der Waals surface area contributed by atoms with Crippen LogP contribution >= 0.6 is 35.0 Å². The second-order valence-electron chi connectivity index (χ2n) is 8.12. The van der Waals surface area contributed by atoms with Gasteiger partial charge in [0.1, 0.15) is 0 Å². The van der Waals surface area contributed by atoms with E-state index in [4.69, 9.17) is 23.2 Å². The van der Waals surface area contributed by atoms with Crippen LogP contribution in [0.4, 0.5) is 10.5 Å². The summed E-state index contributed by atoms with van der Waals surface area (Å²) in [6.45, 7) is 0.319. The number of carbonyl (C=O) groups is 2. The molecule has 0 radical (unpaired) electrons. The van der Waals surface area contributed by atoms with Gasteiger partial charge >= 0.3 is 0 Å². The molecule has 10 heteroatoms. The molecule has 4 aromatic rings. The van der Waals surface area contributed by atoms with Crippen molar-refractivity contribution in [3.05, 3.63) is 115 Å². The Morgan fingerprint density at radius 2 is 1.69 bits per heavy atom. The summed E-state index contributed by atoms with van der Waals surface area (Å²) in [5.74, 6) is -0.411. The maximum Gasteiger partial charge on any atom is 0.293 e. The van der Waals surface area contributed by atoms with Crippen molar-refractivity contribution in [2.75, 3.05) is 0 Å². The predicted octanol–water partition coefficient (Wildman–Crippen LogP) is 7.14. The lowest BCUT2D eigenvalue weighted by Gasteiger charge is -2.13. The molecule has 3 aromatic carbocycles. The minimum atomic E-state index is -0.411. The molecule has 0 aliphatic carbocycles. The molecule has 1 aromatic heterocycles. The van der Waals surface area contributed by atoms with E-state index in [1.807, 2.05) is 35.0 Å². The lowest BCUT2D eigenvalue weighted by Crippen LogP contribution is -2.27. The van der Waals surface area contributed by atoms with E-state index >= 15 is 0 Å². The van der Waals surface area contributed by atoms with Crippen LogP contribution in [0.15, 0.2) is 77.8 Å². The highest BCUT2D eigenvalue weighted by molar-refractivity contribution is 8.18. The number of thioether (sulfide) groups is 1. The highest BCUT2D eigenvalue weighted by Crippen LogP contribution is 2.36. The van der Waals surface area contributed by atoms with Gasteiger partial charge in [-0.2, -0.15) is 0 Å². The van der Waals surface area contributed by atoms with E-state index < -0.39 is 10.8 Å². The quantitative estimate of drug-likeness (QED) is 0.148. The van der Waals surface area contributed by atoms with E-state index in [-0.39, 0.29) is 24.0 Å². The molecular formula is C26H17Cl2N3O4S. The van der Waals surface area contributed by atoms with E-state index in [2.05, 4.69) is 0 Å². The molecule has 2 heterocycles. The van der Waals surface area contributed by atoms with Crippen molar-refractivity contribution in [2.24, 2.45) is 0 Å². The van der Waals surface area contributed by atoms with Gasteiger partial charge in [0.2, 0.25) is 0 Å². The number of para-hydroxylation sites is 2. The van der Waals surface area contributed by atoms with Gasteiger partial charge in [0.05, 0.1) is 22.9 Å². The fourth-order valence-electron chi connectivity index (χ4n) is 4.12. The Morgan fingerprint density at radius 1 is 0.944 bits per heavy atom. The van der Waals surface area contributed by atoms with Gasteiger partial charge in [-0.05, 0) is 41.6 Å².